The molecule has 5 heteroatoms. The highest BCUT2D eigenvalue weighted by Gasteiger charge is 2.31. The Labute approximate surface area is 160 Å². The number of carbonyl (C=O) groups is 3. The fourth-order valence-electron chi connectivity index (χ4n) is 3.23. The second kappa shape index (κ2) is 6.82. The van der Waals surface area contributed by atoms with Gasteiger partial charge in [0.05, 0.1) is 17.7 Å². The first-order valence-corrected chi connectivity index (χ1v) is 8.78. The molecule has 1 amide bonds. The van der Waals surface area contributed by atoms with Crippen LogP contribution in [0.4, 0.5) is 5.69 Å². The number of fused-ring (bicyclic) bond motifs is 2. The number of carbonyl (C=O) groups excluding carboxylic acids is 3. The highest BCUT2D eigenvalue weighted by molar-refractivity contribution is 6.31. The monoisotopic (exact) mass is 375 g/mol. The minimum Gasteiger partial charge on any atom is -0.325 e. The summed E-state index contributed by atoms with van der Waals surface area (Å²) in [6.07, 6.45) is 0.138. The van der Waals surface area contributed by atoms with Crippen LogP contribution in [0.2, 0.25) is 5.02 Å². The lowest BCUT2D eigenvalue weighted by Crippen LogP contribution is -2.24. The molecule has 0 bridgehead atoms. The Morgan fingerprint density at radius 2 is 1.41 bits per heavy atom. The zero-order chi connectivity index (χ0) is 19.0. The number of ketones is 2. The topological polar surface area (TPSA) is 63.2 Å². The molecule has 0 atom stereocenters. The molecule has 0 saturated heterocycles. The van der Waals surface area contributed by atoms with Gasteiger partial charge in [0, 0.05) is 21.7 Å². The van der Waals surface area contributed by atoms with Crippen molar-refractivity contribution in [1.82, 2.24) is 0 Å². The fraction of sp³-hybridized carbons (Fsp3) is 0.0455. The number of amides is 1. The van der Waals surface area contributed by atoms with Gasteiger partial charge in [0.1, 0.15) is 0 Å². The summed E-state index contributed by atoms with van der Waals surface area (Å²) in [5.41, 5.74) is 2.44. The number of halogens is 1. The van der Waals surface area contributed by atoms with Crippen molar-refractivity contribution in [3.05, 3.63) is 99.6 Å². The number of anilines is 1. The van der Waals surface area contributed by atoms with Crippen molar-refractivity contribution < 1.29 is 14.4 Å². The lowest BCUT2D eigenvalue weighted by molar-refractivity contribution is -0.115. The van der Waals surface area contributed by atoms with E-state index in [0.29, 0.717) is 27.4 Å². The molecular formula is C22H14ClNO3. The second-order valence-electron chi connectivity index (χ2n) is 6.28. The smallest absolute Gasteiger partial charge is 0.228 e. The van der Waals surface area contributed by atoms with Crippen LogP contribution in [0.5, 0.6) is 0 Å². The standard InChI is InChI=1S/C22H14ClNO3/c23-14-10-8-13(9-11-14)12-19(25)24-18-7-3-6-17-20(18)22(27)16-5-2-1-4-15(16)21(17)26/h1-11H,12H2,(H,24,25). The predicted molar refractivity (Wildman–Crippen MR) is 104 cm³/mol. The summed E-state index contributed by atoms with van der Waals surface area (Å²) in [4.78, 5) is 38.1. The first-order valence-electron chi connectivity index (χ1n) is 8.40. The molecule has 0 fully saturated rings. The molecule has 0 spiro atoms. The third-order valence-corrected chi connectivity index (χ3v) is 4.76. The van der Waals surface area contributed by atoms with Gasteiger partial charge >= 0.3 is 0 Å². The number of rotatable bonds is 3. The molecule has 0 aliphatic heterocycles. The summed E-state index contributed by atoms with van der Waals surface area (Å²) in [5.74, 6) is -0.749. The van der Waals surface area contributed by atoms with Crippen molar-refractivity contribution in [1.29, 1.82) is 0 Å². The highest BCUT2D eigenvalue weighted by Crippen LogP contribution is 2.32. The Kier molecular flexibility index (Phi) is 4.34. The van der Waals surface area contributed by atoms with E-state index in [1.165, 1.54) is 0 Å². The van der Waals surface area contributed by atoms with Crippen LogP contribution in [0.15, 0.2) is 66.7 Å². The molecule has 0 aromatic heterocycles. The molecule has 27 heavy (non-hydrogen) atoms. The van der Waals surface area contributed by atoms with E-state index >= 15 is 0 Å². The van der Waals surface area contributed by atoms with Gasteiger partial charge in [0.15, 0.2) is 11.6 Å². The van der Waals surface area contributed by atoms with Gasteiger partial charge in [-0.15, -0.1) is 0 Å². The summed E-state index contributed by atoms with van der Waals surface area (Å²) >= 11 is 5.86. The molecule has 3 aromatic rings. The lowest BCUT2D eigenvalue weighted by Gasteiger charge is -2.20. The van der Waals surface area contributed by atoms with E-state index < -0.39 is 0 Å². The van der Waals surface area contributed by atoms with Crippen LogP contribution in [0, 0.1) is 0 Å². The molecule has 3 aromatic carbocycles. The van der Waals surface area contributed by atoms with Crippen molar-refractivity contribution in [3.8, 4) is 0 Å². The van der Waals surface area contributed by atoms with Gasteiger partial charge in [-0.2, -0.15) is 0 Å². The summed E-state index contributed by atoms with van der Waals surface area (Å²) in [7, 11) is 0. The maximum Gasteiger partial charge on any atom is 0.228 e. The molecule has 4 nitrogen and oxygen atoms in total. The molecule has 0 unspecified atom stereocenters. The lowest BCUT2D eigenvalue weighted by atomic mass is 9.83. The zero-order valence-corrected chi connectivity index (χ0v) is 14.9. The molecule has 1 aliphatic carbocycles. The third kappa shape index (κ3) is 3.15. The number of benzene rings is 3. The SMILES string of the molecule is O=C(Cc1ccc(Cl)cc1)Nc1cccc2c1C(=O)c1ccccc1C2=O. The van der Waals surface area contributed by atoms with Crippen LogP contribution in [-0.4, -0.2) is 17.5 Å². The van der Waals surface area contributed by atoms with Gasteiger partial charge in [0.25, 0.3) is 0 Å². The Morgan fingerprint density at radius 1 is 0.778 bits per heavy atom. The number of nitrogens with one attached hydrogen (secondary N) is 1. The van der Waals surface area contributed by atoms with Crippen molar-refractivity contribution >= 4 is 34.8 Å². The van der Waals surface area contributed by atoms with Crippen LogP contribution in [0.1, 0.15) is 37.4 Å². The van der Waals surface area contributed by atoms with Crippen LogP contribution in [0.25, 0.3) is 0 Å². The second-order valence-corrected chi connectivity index (χ2v) is 6.72. The molecule has 1 aliphatic rings. The predicted octanol–water partition coefficient (Wildman–Crippen LogP) is 4.30. The van der Waals surface area contributed by atoms with Gasteiger partial charge in [-0.1, -0.05) is 60.1 Å². The maximum absolute atomic E-state index is 12.9. The van der Waals surface area contributed by atoms with E-state index in [9.17, 15) is 14.4 Å². The fourth-order valence-corrected chi connectivity index (χ4v) is 3.36. The van der Waals surface area contributed by atoms with E-state index in [1.54, 1.807) is 66.7 Å². The first kappa shape index (κ1) is 17.2. The van der Waals surface area contributed by atoms with Crippen molar-refractivity contribution in [2.45, 2.75) is 6.42 Å². The summed E-state index contributed by atoms with van der Waals surface area (Å²) in [5, 5.41) is 3.37. The number of hydrogen-bond donors (Lipinski definition) is 1. The van der Waals surface area contributed by atoms with Gasteiger partial charge in [0.2, 0.25) is 5.91 Å². The molecule has 0 heterocycles. The molecular weight excluding hydrogens is 362 g/mol. The van der Waals surface area contributed by atoms with E-state index in [4.69, 9.17) is 11.6 Å². The molecule has 0 saturated carbocycles. The van der Waals surface area contributed by atoms with Crippen molar-refractivity contribution in [2.24, 2.45) is 0 Å². The van der Waals surface area contributed by atoms with Gasteiger partial charge in [-0.25, -0.2) is 0 Å². The van der Waals surface area contributed by atoms with Crippen LogP contribution >= 0.6 is 11.6 Å². The first-order chi connectivity index (χ1) is 13.0. The zero-order valence-electron chi connectivity index (χ0n) is 14.2. The minimum atomic E-state index is -0.273. The van der Waals surface area contributed by atoms with Crippen molar-refractivity contribution in [2.75, 3.05) is 5.32 Å². The summed E-state index contributed by atoms with van der Waals surface area (Å²) in [6.45, 7) is 0. The third-order valence-electron chi connectivity index (χ3n) is 4.50. The molecule has 1 N–H and O–H groups in total. The average molecular weight is 376 g/mol. The Balaban J connectivity index is 1.66. The largest absolute Gasteiger partial charge is 0.325 e. The van der Waals surface area contributed by atoms with Crippen molar-refractivity contribution in [3.63, 3.8) is 0 Å². The number of hydrogen-bond acceptors (Lipinski definition) is 3. The van der Waals surface area contributed by atoms with Crippen LogP contribution < -0.4 is 5.32 Å². The highest BCUT2D eigenvalue weighted by atomic mass is 35.5. The van der Waals surface area contributed by atoms with E-state index in [1.807, 2.05) is 0 Å². The minimum absolute atomic E-state index is 0.138. The van der Waals surface area contributed by atoms with E-state index in [-0.39, 0.29) is 29.5 Å². The van der Waals surface area contributed by atoms with Gasteiger partial charge in [-0.3, -0.25) is 14.4 Å². The van der Waals surface area contributed by atoms with Gasteiger partial charge < -0.3 is 5.32 Å². The summed E-state index contributed by atoms with van der Waals surface area (Å²) < 4.78 is 0. The molecule has 0 radical (unpaired) electrons. The van der Waals surface area contributed by atoms with Crippen LogP contribution in [-0.2, 0) is 11.2 Å². The molecule has 132 valence electrons. The maximum atomic E-state index is 12.9. The average Bonchev–Trinajstić information content (AvgIpc) is 2.68. The summed E-state index contributed by atoms with van der Waals surface area (Å²) in [6, 6.07) is 18.6. The van der Waals surface area contributed by atoms with E-state index in [2.05, 4.69) is 5.32 Å². The van der Waals surface area contributed by atoms with Gasteiger partial charge in [-0.05, 0) is 23.8 Å². The Hall–Kier alpha value is -3.24. The van der Waals surface area contributed by atoms with E-state index in [0.717, 1.165) is 5.56 Å². The quantitative estimate of drug-likeness (QED) is 0.580. The Morgan fingerprint density at radius 3 is 2.11 bits per heavy atom. The Bertz CT molecular complexity index is 1090. The molecule has 4 rings (SSSR count). The van der Waals surface area contributed by atoms with Crippen LogP contribution in [0.3, 0.4) is 0 Å². The normalized spacial score (nSPS) is 12.3.